The van der Waals surface area contributed by atoms with Crippen molar-refractivity contribution in [2.75, 3.05) is 6.67 Å². The second kappa shape index (κ2) is 5.03. The van der Waals surface area contributed by atoms with Gasteiger partial charge in [0, 0.05) is 5.57 Å². The van der Waals surface area contributed by atoms with Crippen molar-refractivity contribution < 1.29 is 0 Å². The zero-order valence-corrected chi connectivity index (χ0v) is 7.57. The lowest BCUT2D eigenvalue weighted by molar-refractivity contribution is 0.709. The van der Waals surface area contributed by atoms with Gasteiger partial charge in [0.05, 0.1) is 0 Å². The lowest BCUT2D eigenvalue weighted by atomic mass is 10.2. The van der Waals surface area contributed by atoms with Gasteiger partial charge < -0.3 is 0 Å². The average molecular weight is 176 g/mol. The molecule has 0 aromatic rings. The van der Waals surface area contributed by atoms with Crippen molar-refractivity contribution in [3.63, 3.8) is 0 Å². The molecule has 13 heavy (non-hydrogen) atoms. The van der Waals surface area contributed by atoms with E-state index in [9.17, 15) is 0 Å². The first-order valence-electron chi connectivity index (χ1n) is 4.01. The zero-order valence-electron chi connectivity index (χ0n) is 7.57. The number of hydrogen-bond acceptors (Lipinski definition) is 4. The molecule has 0 fully saturated rings. The molecule has 0 aromatic heterocycles. The maximum absolute atomic E-state index is 3.94. The third-order valence-corrected chi connectivity index (χ3v) is 1.38. The molecule has 1 N–H and O–H groups in total. The Balaban J connectivity index is 2.57. The van der Waals surface area contributed by atoms with E-state index in [-0.39, 0.29) is 0 Å². The van der Waals surface area contributed by atoms with Crippen LogP contribution in [0.4, 0.5) is 0 Å². The monoisotopic (exact) mass is 176 g/mol. The molecule has 1 heterocycles. The van der Waals surface area contributed by atoms with Gasteiger partial charge in [-0.3, -0.25) is 5.43 Å². The van der Waals surface area contributed by atoms with Gasteiger partial charge in [0.15, 0.2) is 5.84 Å². The number of hydrazone groups is 1. The quantitative estimate of drug-likeness (QED) is 0.657. The first-order chi connectivity index (χ1) is 6.34. The molecule has 0 unspecified atom stereocenters. The summed E-state index contributed by atoms with van der Waals surface area (Å²) < 4.78 is 0. The molecule has 0 aliphatic carbocycles. The number of allylic oxidation sites excluding steroid dienone is 3. The molecule has 1 rings (SSSR count). The lowest BCUT2D eigenvalue weighted by Gasteiger charge is -2.03. The molecule has 0 saturated heterocycles. The van der Waals surface area contributed by atoms with E-state index in [1.54, 1.807) is 0 Å². The number of nitrogens with one attached hydrogen (secondary N) is 1. The minimum Gasteiger partial charge on any atom is -0.285 e. The Morgan fingerprint density at radius 2 is 2.38 bits per heavy atom. The van der Waals surface area contributed by atoms with Crippen LogP contribution in [-0.4, -0.2) is 12.5 Å². The highest BCUT2D eigenvalue weighted by Crippen LogP contribution is 2.02. The molecule has 1 aliphatic heterocycles. The van der Waals surface area contributed by atoms with Gasteiger partial charge in [-0.15, -0.1) is 5.11 Å². The van der Waals surface area contributed by atoms with E-state index in [4.69, 9.17) is 0 Å². The van der Waals surface area contributed by atoms with Crippen LogP contribution in [0.15, 0.2) is 51.8 Å². The maximum Gasteiger partial charge on any atom is 0.199 e. The predicted molar refractivity (Wildman–Crippen MR) is 53.4 cm³/mol. The molecule has 0 radical (unpaired) electrons. The first kappa shape index (κ1) is 9.38. The van der Waals surface area contributed by atoms with Crippen LogP contribution in [0.3, 0.4) is 0 Å². The highest BCUT2D eigenvalue weighted by Gasteiger charge is 2.02. The van der Waals surface area contributed by atoms with E-state index < -0.39 is 0 Å². The Bertz CT molecular complexity index is 297. The Morgan fingerprint density at radius 3 is 3.00 bits per heavy atom. The SMILES string of the molecule is C=C(/C=C\C=C/C)C1=NNCN=N1. The van der Waals surface area contributed by atoms with Crippen LogP contribution in [0.5, 0.6) is 0 Å². The van der Waals surface area contributed by atoms with Crippen LogP contribution in [0.25, 0.3) is 0 Å². The molecule has 0 aromatic carbocycles. The van der Waals surface area contributed by atoms with Crippen molar-refractivity contribution in [2.24, 2.45) is 15.3 Å². The van der Waals surface area contributed by atoms with Crippen LogP contribution < -0.4 is 5.43 Å². The van der Waals surface area contributed by atoms with Gasteiger partial charge in [-0.1, -0.05) is 30.9 Å². The summed E-state index contributed by atoms with van der Waals surface area (Å²) in [6.45, 7) is 6.20. The van der Waals surface area contributed by atoms with Gasteiger partial charge >= 0.3 is 0 Å². The molecule has 0 spiro atoms. The van der Waals surface area contributed by atoms with Gasteiger partial charge in [-0.2, -0.15) is 10.2 Å². The van der Waals surface area contributed by atoms with Gasteiger partial charge in [-0.25, -0.2) is 0 Å². The minimum absolute atomic E-state index is 0.440. The Labute approximate surface area is 77.4 Å². The van der Waals surface area contributed by atoms with Crippen molar-refractivity contribution >= 4 is 5.84 Å². The van der Waals surface area contributed by atoms with Crippen LogP contribution in [0, 0.1) is 0 Å². The summed E-state index contributed by atoms with van der Waals surface area (Å²) in [5.74, 6) is 0.534. The topological polar surface area (TPSA) is 49.1 Å². The van der Waals surface area contributed by atoms with Crippen molar-refractivity contribution in [1.29, 1.82) is 0 Å². The largest absolute Gasteiger partial charge is 0.285 e. The standard InChI is InChI=1S/C9H12N4/c1-3-4-5-6-8(2)9-12-10-7-11-13-9/h3-6,10H,2,7H2,1H3/b4-3-,6-5-. The lowest BCUT2D eigenvalue weighted by Crippen LogP contribution is -2.14. The highest BCUT2D eigenvalue weighted by atomic mass is 15.4. The van der Waals surface area contributed by atoms with Gasteiger partial charge in [0.2, 0.25) is 0 Å². The summed E-state index contributed by atoms with van der Waals surface area (Å²) in [6, 6.07) is 0. The van der Waals surface area contributed by atoms with E-state index in [0.717, 1.165) is 5.57 Å². The maximum atomic E-state index is 3.94. The number of azo groups is 1. The van der Waals surface area contributed by atoms with Gasteiger partial charge in [0.25, 0.3) is 0 Å². The van der Waals surface area contributed by atoms with Crippen LogP contribution in [0.1, 0.15) is 6.92 Å². The molecular weight excluding hydrogens is 164 g/mol. The van der Waals surface area contributed by atoms with Gasteiger partial charge in [0.1, 0.15) is 6.67 Å². The van der Waals surface area contributed by atoms with Crippen molar-refractivity contribution in [2.45, 2.75) is 6.92 Å². The number of hydrogen-bond donors (Lipinski definition) is 1. The molecule has 1 aliphatic rings. The predicted octanol–water partition coefficient (Wildman–Crippen LogP) is 2.00. The summed E-state index contributed by atoms with van der Waals surface area (Å²) in [7, 11) is 0. The molecule has 0 amide bonds. The zero-order chi connectivity index (χ0) is 9.52. The third-order valence-electron chi connectivity index (χ3n) is 1.38. The number of amidine groups is 1. The average Bonchev–Trinajstić information content (AvgIpc) is 2.19. The fraction of sp³-hybridized carbons (Fsp3) is 0.222. The van der Waals surface area contributed by atoms with E-state index in [2.05, 4.69) is 27.3 Å². The molecule has 0 saturated carbocycles. The van der Waals surface area contributed by atoms with Crippen LogP contribution >= 0.6 is 0 Å². The Hall–Kier alpha value is -1.71. The molecule has 0 bridgehead atoms. The van der Waals surface area contributed by atoms with Crippen molar-refractivity contribution in [3.05, 3.63) is 36.5 Å². The summed E-state index contributed by atoms with van der Waals surface area (Å²) in [6.07, 6.45) is 7.57. The molecular formula is C9H12N4. The van der Waals surface area contributed by atoms with E-state index in [0.29, 0.717) is 12.5 Å². The normalized spacial score (nSPS) is 16.2. The van der Waals surface area contributed by atoms with Crippen LogP contribution in [-0.2, 0) is 0 Å². The molecule has 68 valence electrons. The molecule has 4 heteroatoms. The Kier molecular flexibility index (Phi) is 3.63. The fourth-order valence-electron chi connectivity index (χ4n) is 0.760. The number of nitrogens with zero attached hydrogens (tertiary/aromatic N) is 3. The second-order valence-corrected chi connectivity index (χ2v) is 2.40. The molecule has 4 nitrogen and oxygen atoms in total. The van der Waals surface area contributed by atoms with Crippen molar-refractivity contribution in [1.82, 2.24) is 5.43 Å². The van der Waals surface area contributed by atoms with Gasteiger partial charge in [-0.05, 0) is 6.92 Å². The van der Waals surface area contributed by atoms with Crippen molar-refractivity contribution in [3.8, 4) is 0 Å². The summed E-state index contributed by atoms with van der Waals surface area (Å²) in [5, 5.41) is 11.6. The first-order valence-corrected chi connectivity index (χ1v) is 4.01. The summed E-state index contributed by atoms with van der Waals surface area (Å²) >= 11 is 0. The van der Waals surface area contributed by atoms with E-state index in [1.165, 1.54) is 0 Å². The smallest absolute Gasteiger partial charge is 0.199 e. The van der Waals surface area contributed by atoms with E-state index in [1.807, 2.05) is 31.2 Å². The summed E-state index contributed by atoms with van der Waals surface area (Å²) in [4.78, 5) is 0. The highest BCUT2D eigenvalue weighted by molar-refractivity contribution is 6.00. The number of rotatable bonds is 3. The Morgan fingerprint density at radius 1 is 1.54 bits per heavy atom. The summed E-state index contributed by atoms with van der Waals surface area (Å²) in [5.41, 5.74) is 3.47. The van der Waals surface area contributed by atoms with Crippen LogP contribution in [0.2, 0.25) is 0 Å². The molecule has 0 atom stereocenters. The second-order valence-electron chi connectivity index (χ2n) is 2.40. The van der Waals surface area contributed by atoms with E-state index >= 15 is 0 Å². The fourth-order valence-corrected chi connectivity index (χ4v) is 0.760. The third kappa shape index (κ3) is 3.02. The minimum atomic E-state index is 0.440.